The van der Waals surface area contributed by atoms with Gasteiger partial charge in [0.2, 0.25) is 0 Å². The summed E-state index contributed by atoms with van der Waals surface area (Å²) < 4.78 is 0. The highest BCUT2D eigenvalue weighted by Gasteiger charge is 2.28. The van der Waals surface area contributed by atoms with Gasteiger partial charge in [0, 0.05) is 55.6 Å². The van der Waals surface area contributed by atoms with Crippen molar-refractivity contribution in [3.8, 4) is 123 Å². The van der Waals surface area contributed by atoms with E-state index >= 15 is 0 Å². The van der Waals surface area contributed by atoms with Gasteiger partial charge in [-0.2, -0.15) is 0 Å². The van der Waals surface area contributed by atoms with Crippen molar-refractivity contribution >= 4 is 0 Å². The largest absolute Gasteiger partial charge is 0.248 e. The van der Waals surface area contributed by atoms with Crippen molar-refractivity contribution in [1.82, 2.24) is 19.9 Å². The molecule has 4 heteroatoms. The standard InChI is InChI=1S/C68H46N4/c1-7-25-47(26-8-1)59-41-23-43-61(69-59)55-39-21-19-37-53(55)57-45-63(49-29-11-3-12-30-49)71-67(51-33-15-5-16-34-51)65(57)66-58(46-64(50-31-13-4-14-32-50)72-68(66)52-35-17-6-18-36-52)54-38-20-22-40-56(54)62-44-24-42-60(70-62)48-27-9-2-10-28-48/h1-46H. The van der Waals surface area contributed by atoms with Crippen molar-refractivity contribution in [2.24, 2.45) is 0 Å². The second kappa shape index (κ2) is 19.8. The van der Waals surface area contributed by atoms with Gasteiger partial charge in [-0.1, -0.05) is 243 Å². The third-order valence-corrected chi connectivity index (χ3v) is 13.1. The van der Waals surface area contributed by atoms with E-state index in [1.165, 1.54) is 0 Å². The minimum Gasteiger partial charge on any atom is -0.248 e. The Kier molecular flexibility index (Phi) is 12.0. The first-order valence-electron chi connectivity index (χ1n) is 24.3. The molecule has 4 aromatic heterocycles. The van der Waals surface area contributed by atoms with Crippen molar-refractivity contribution in [3.05, 3.63) is 279 Å². The second-order valence-electron chi connectivity index (χ2n) is 17.7. The summed E-state index contributed by atoms with van der Waals surface area (Å²) in [5.74, 6) is 0. The smallest absolute Gasteiger partial charge is 0.0795 e. The molecule has 0 saturated heterocycles. The number of hydrogen-bond donors (Lipinski definition) is 0. The molecule has 0 fully saturated rings. The molecule has 0 aliphatic carbocycles. The molecule has 338 valence electrons. The van der Waals surface area contributed by atoms with Crippen LogP contribution in [-0.4, -0.2) is 19.9 Å². The summed E-state index contributed by atoms with van der Waals surface area (Å²) >= 11 is 0. The van der Waals surface area contributed by atoms with Gasteiger partial charge in [-0.15, -0.1) is 0 Å². The highest BCUT2D eigenvalue weighted by molar-refractivity contribution is 6.08. The van der Waals surface area contributed by atoms with E-state index in [2.05, 4.69) is 267 Å². The van der Waals surface area contributed by atoms with Gasteiger partial charge in [-0.3, -0.25) is 0 Å². The Hall–Kier alpha value is -9.64. The van der Waals surface area contributed by atoms with E-state index < -0.39 is 0 Å². The summed E-state index contributed by atoms with van der Waals surface area (Å²) in [7, 11) is 0. The molecule has 0 radical (unpaired) electrons. The topological polar surface area (TPSA) is 51.6 Å². The zero-order chi connectivity index (χ0) is 48.1. The maximum Gasteiger partial charge on any atom is 0.0795 e. The van der Waals surface area contributed by atoms with Crippen molar-refractivity contribution in [1.29, 1.82) is 0 Å². The fraction of sp³-hybridized carbons (Fsp3) is 0. The van der Waals surface area contributed by atoms with Crippen molar-refractivity contribution < 1.29 is 0 Å². The minimum atomic E-state index is 0.835. The summed E-state index contributed by atoms with van der Waals surface area (Å²) in [4.78, 5) is 22.3. The average Bonchev–Trinajstić information content (AvgIpc) is 3.48. The first kappa shape index (κ1) is 43.6. The number of benzene rings is 8. The third-order valence-electron chi connectivity index (χ3n) is 13.1. The van der Waals surface area contributed by atoms with Crippen LogP contribution in [0.15, 0.2) is 279 Å². The lowest BCUT2D eigenvalue weighted by molar-refractivity contribution is 1.29. The fourth-order valence-corrected chi connectivity index (χ4v) is 9.74. The molecule has 4 nitrogen and oxygen atoms in total. The normalized spacial score (nSPS) is 11.1. The van der Waals surface area contributed by atoms with Crippen LogP contribution in [0, 0.1) is 0 Å². The Morgan fingerprint density at radius 1 is 0.167 bits per heavy atom. The molecule has 0 saturated carbocycles. The number of nitrogens with zero attached hydrogens (tertiary/aromatic N) is 4. The number of aromatic nitrogens is 4. The Labute approximate surface area is 420 Å². The van der Waals surface area contributed by atoms with E-state index in [1.54, 1.807) is 0 Å². The average molecular weight is 919 g/mol. The highest BCUT2D eigenvalue weighted by Crippen LogP contribution is 2.51. The molecular formula is C68H46N4. The van der Waals surface area contributed by atoms with Crippen LogP contribution in [-0.2, 0) is 0 Å². The zero-order valence-electron chi connectivity index (χ0n) is 39.3. The van der Waals surface area contributed by atoms with Crippen molar-refractivity contribution in [2.75, 3.05) is 0 Å². The molecule has 12 aromatic rings. The van der Waals surface area contributed by atoms with Crippen LogP contribution in [0.1, 0.15) is 0 Å². The van der Waals surface area contributed by atoms with E-state index in [9.17, 15) is 0 Å². The van der Waals surface area contributed by atoms with E-state index in [1.807, 2.05) is 12.1 Å². The SMILES string of the molecule is c1ccc(-c2cccc(-c3ccccc3-c3cc(-c4ccccc4)nc(-c4ccccc4)c3-c3c(-c4ccccc4-c4cccc(-c5ccccc5)n4)cc(-c4ccccc4)nc3-c3ccccc3)n2)cc1. The summed E-state index contributed by atoms with van der Waals surface area (Å²) in [6, 6.07) is 97.4. The zero-order valence-corrected chi connectivity index (χ0v) is 39.3. The van der Waals surface area contributed by atoms with E-state index in [0.717, 1.165) is 123 Å². The molecule has 0 aliphatic heterocycles. The van der Waals surface area contributed by atoms with Gasteiger partial charge in [0.25, 0.3) is 0 Å². The molecular weight excluding hydrogens is 873 g/mol. The van der Waals surface area contributed by atoms with Gasteiger partial charge >= 0.3 is 0 Å². The number of hydrogen-bond acceptors (Lipinski definition) is 4. The molecule has 0 atom stereocenters. The number of pyridine rings is 4. The Morgan fingerprint density at radius 3 is 0.764 bits per heavy atom. The molecule has 0 spiro atoms. The van der Waals surface area contributed by atoms with Gasteiger partial charge in [-0.25, -0.2) is 19.9 Å². The monoisotopic (exact) mass is 918 g/mol. The van der Waals surface area contributed by atoms with Crippen LogP contribution >= 0.6 is 0 Å². The van der Waals surface area contributed by atoms with Crippen LogP contribution < -0.4 is 0 Å². The lowest BCUT2D eigenvalue weighted by Crippen LogP contribution is -2.03. The quantitative estimate of drug-likeness (QED) is 0.130. The van der Waals surface area contributed by atoms with Gasteiger partial charge in [0.15, 0.2) is 0 Å². The Morgan fingerprint density at radius 2 is 0.431 bits per heavy atom. The summed E-state index contributed by atoms with van der Waals surface area (Å²) in [5, 5.41) is 0. The molecule has 0 amide bonds. The van der Waals surface area contributed by atoms with Gasteiger partial charge < -0.3 is 0 Å². The maximum absolute atomic E-state index is 5.75. The predicted molar refractivity (Wildman–Crippen MR) is 297 cm³/mol. The highest BCUT2D eigenvalue weighted by atomic mass is 14.8. The van der Waals surface area contributed by atoms with Crippen LogP contribution in [0.4, 0.5) is 0 Å². The van der Waals surface area contributed by atoms with E-state index in [4.69, 9.17) is 19.9 Å². The van der Waals surface area contributed by atoms with Crippen LogP contribution in [0.5, 0.6) is 0 Å². The first-order chi connectivity index (χ1) is 35.7. The first-order valence-corrected chi connectivity index (χ1v) is 24.3. The van der Waals surface area contributed by atoms with Crippen molar-refractivity contribution in [2.45, 2.75) is 0 Å². The van der Waals surface area contributed by atoms with Crippen LogP contribution in [0.3, 0.4) is 0 Å². The lowest BCUT2D eigenvalue weighted by atomic mass is 9.81. The van der Waals surface area contributed by atoms with Gasteiger partial charge in [-0.05, 0) is 58.7 Å². The summed E-state index contributed by atoms with van der Waals surface area (Å²) in [5.41, 5.74) is 21.0. The molecule has 4 heterocycles. The fourth-order valence-electron chi connectivity index (χ4n) is 9.74. The van der Waals surface area contributed by atoms with Crippen LogP contribution in [0.25, 0.3) is 123 Å². The molecule has 8 aromatic carbocycles. The molecule has 0 bridgehead atoms. The van der Waals surface area contributed by atoms with Crippen LogP contribution in [0.2, 0.25) is 0 Å². The molecule has 0 unspecified atom stereocenters. The van der Waals surface area contributed by atoms with E-state index in [0.29, 0.717) is 0 Å². The molecule has 0 N–H and O–H groups in total. The summed E-state index contributed by atoms with van der Waals surface area (Å²) in [6.07, 6.45) is 0. The Bertz CT molecular complexity index is 3570. The Balaban J connectivity index is 1.23. The maximum atomic E-state index is 5.75. The molecule has 72 heavy (non-hydrogen) atoms. The lowest BCUT2D eigenvalue weighted by Gasteiger charge is -2.25. The van der Waals surface area contributed by atoms with Gasteiger partial charge in [0.05, 0.1) is 45.6 Å². The minimum absolute atomic E-state index is 0.835. The predicted octanol–water partition coefficient (Wildman–Crippen LogP) is 17.6. The second-order valence-corrected chi connectivity index (χ2v) is 17.7. The molecule has 0 aliphatic rings. The third kappa shape index (κ3) is 8.70. The number of rotatable bonds is 11. The van der Waals surface area contributed by atoms with E-state index in [-0.39, 0.29) is 0 Å². The van der Waals surface area contributed by atoms with Gasteiger partial charge in [0.1, 0.15) is 0 Å². The summed E-state index contributed by atoms with van der Waals surface area (Å²) in [6.45, 7) is 0. The molecule has 12 rings (SSSR count). The van der Waals surface area contributed by atoms with Crippen molar-refractivity contribution in [3.63, 3.8) is 0 Å².